The van der Waals surface area contributed by atoms with Crippen molar-refractivity contribution in [1.29, 1.82) is 0 Å². The zero-order chi connectivity index (χ0) is 24.7. The van der Waals surface area contributed by atoms with Gasteiger partial charge in [0.25, 0.3) is 5.91 Å². The smallest absolute Gasteiger partial charge is 0.254 e. The number of benzene rings is 2. The lowest BCUT2D eigenvalue weighted by Gasteiger charge is -2.46. The Morgan fingerprint density at radius 3 is 2.77 bits per heavy atom. The highest BCUT2D eigenvalue weighted by atomic mass is 35.5. The largest absolute Gasteiger partial charge is 0.386 e. The van der Waals surface area contributed by atoms with Crippen LogP contribution in [-0.4, -0.2) is 69.1 Å². The number of hydrogen-bond acceptors (Lipinski definition) is 6. The van der Waals surface area contributed by atoms with Crippen LogP contribution in [0.4, 0.5) is 11.4 Å². The molecular weight excluding hydrogens is 491 g/mol. The Labute approximate surface area is 212 Å². The van der Waals surface area contributed by atoms with Gasteiger partial charge in [0.15, 0.2) is 0 Å². The Morgan fingerprint density at radius 2 is 1.97 bits per heavy atom. The summed E-state index contributed by atoms with van der Waals surface area (Å²) in [5.41, 5.74) is 2.31. The van der Waals surface area contributed by atoms with Crippen LogP contribution in [-0.2, 0) is 11.2 Å². The van der Waals surface area contributed by atoms with Crippen LogP contribution in [0.15, 0.2) is 42.6 Å². The van der Waals surface area contributed by atoms with Crippen molar-refractivity contribution in [2.24, 2.45) is 0 Å². The van der Waals surface area contributed by atoms with Gasteiger partial charge in [0.05, 0.1) is 47.1 Å². The molecule has 2 N–H and O–H groups in total. The molecule has 0 aliphatic carbocycles. The van der Waals surface area contributed by atoms with E-state index in [0.29, 0.717) is 58.5 Å². The van der Waals surface area contributed by atoms with Crippen LogP contribution in [0.5, 0.6) is 0 Å². The number of rotatable bonds is 5. The molecule has 0 unspecified atom stereocenters. The van der Waals surface area contributed by atoms with E-state index >= 15 is 0 Å². The molecule has 3 heterocycles. The van der Waals surface area contributed by atoms with E-state index in [4.69, 9.17) is 23.2 Å². The molecule has 1 saturated heterocycles. The van der Waals surface area contributed by atoms with Crippen molar-refractivity contribution in [3.8, 4) is 5.69 Å². The molecule has 2 aliphatic heterocycles. The summed E-state index contributed by atoms with van der Waals surface area (Å²) in [7, 11) is 1.91. The summed E-state index contributed by atoms with van der Waals surface area (Å²) in [4.78, 5) is 28.5. The van der Waals surface area contributed by atoms with Gasteiger partial charge in [0, 0.05) is 30.6 Å². The van der Waals surface area contributed by atoms with Crippen LogP contribution < -0.4 is 10.2 Å². The zero-order valence-corrected chi connectivity index (χ0v) is 20.6. The minimum absolute atomic E-state index is 0.0758. The summed E-state index contributed by atoms with van der Waals surface area (Å²) in [6, 6.07) is 10.4. The molecule has 182 valence electrons. The number of likely N-dealkylation sites (tertiary alicyclic amines) is 1. The number of hydrogen-bond donors (Lipinski definition) is 2. The molecular formula is C24H24Cl2N6O3. The Bertz CT molecular complexity index is 1300. The van der Waals surface area contributed by atoms with Gasteiger partial charge in [-0.05, 0) is 49.2 Å². The first-order chi connectivity index (χ1) is 16.7. The quantitative estimate of drug-likeness (QED) is 0.541. The number of halogens is 2. The first-order valence-electron chi connectivity index (χ1n) is 11.2. The number of aromatic nitrogens is 3. The molecule has 2 aliphatic rings. The number of carbonyl (C=O) groups is 2. The standard InChI is InChI=1S/C24H24Cl2N6O3/c1-30-9-7-22(33)27-19-10-15(2-5-20(19)30)23(34)31-13-24(35,14-31)8-6-17-12-32(29-28-17)21-11-16(25)3-4-18(21)26/h2-5,10-12,35H,6-9,13-14H2,1H3,(H,27,33). The third-order valence-corrected chi connectivity index (χ3v) is 6.96. The van der Waals surface area contributed by atoms with Gasteiger partial charge < -0.3 is 20.2 Å². The number of fused-ring (bicyclic) bond motifs is 1. The topological polar surface area (TPSA) is 104 Å². The van der Waals surface area contributed by atoms with E-state index in [9.17, 15) is 14.7 Å². The van der Waals surface area contributed by atoms with Crippen molar-refractivity contribution in [2.75, 3.05) is 36.9 Å². The van der Waals surface area contributed by atoms with Crippen LogP contribution in [0, 0.1) is 0 Å². The van der Waals surface area contributed by atoms with E-state index in [1.165, 1.54) is 0 Å². The average molecular weight is 515 g/mol. The van der Waals surface area contributed by atoms with Crippen molar-refractivity contribution in [3.63, 3.8) is 0 Å². The fraction of sp³-hybridized carbons (Fsp3) is 0.333. The van der Waals surface area contributed by atoms with Crippen molar-refractivity contribution in [1.82, 2.24) is 19.9 Å². The Morgan fingerprint density at radius 1 is 1.17 bits per heavy atom. The number of nitrogens with one attached hydrogen (secondary N) is 1. The third kappa shape index (κ3) is 4.84. The van der Waals surface area contributed by atoms with Crippen molar-refractivity contribution in [3.05, 3.63) is 63.9 Å². The number of aryl methyl sites for hydroxylation is 1. The van der Waals surface area contributed by atoms with Gasteiger partial charge in [-0.25, -0.2) is 4.68 Å². The van der Waals surface area contributed by atoms with Crippen molar-refractivity contribution < 1.29 is 14.7 Å². The summed E-state index contributed by atoms with van der Waals surface area (Å²) in [6.07, 6.45) is 3.08. The third-order valence-electron chi connectivity index (χ3n) is 6.40. The molecule has 35 heavy (non-hydrogen) atoms. The molecule has 2 aromatic carbocycles. The van der Waals surface area contributed by atoms with E-state index in [2.05, 4.69) is 15.6 Å². The van der Waals surface area contributed by atoms with E-state index in [1.807, 2.05) is 18.0 Å². The molecule has 1 fully saturated rings. The maximum Gasteiger partial charge on any atom is 0.254 e. The lowest BCUT2D eigenvalue weighted by Crippen LogP contribution is -2.63. The molecule has 0 radical (unpaired) electrons. The second-order valence-corrected chi connectivity index (χ2v) is 9.93. The van der Waals surface area contributed by atoms with Gasteiger partial charge in [-0.1, -0.05) is 28.4 Å². The fourth-order valence-electron chi connectivity index (χ4n) is 4.41. The molecule has 0 bridgehead atoms. The second kappa shape index (κ2) is 9.14. The predicted octanol–water partition coefficient (Wildman–Crippen LogP) is 3.17. The maximum atomic E-state index is 13.0. The highest BCUT2D eigenvalue weighted by Crippen LogP contribution is 2.32. The van der Waals surface area contributed by atoms with Gasteiger partial charge in [-0.2, -0.15) is 0 Å². The normalized spacial score (nSPS) is 16.9. The van der Waals surface area contributed by atoms with Crippen molar-refractivity contribution >= 4 is 46.4 Å². The number of carbonyl (C=O) groups excluding carboxylic acids is 2. The lowest BCUT2D eigenvalue weighted by molar-refractivity contribution is -0.115. The summed E-state index contributed by atoms with van der Waals surface area (Å²) in [5.74, 6) is -0.256. The summed E-state index contributed by atoms with van der Waals surface area (Å²) in [6.45, 7) is 1.07. The Balaban J connectivity index is 1.20. The molecule has 11 heteroatoms. The summed E-state index contributed by atoms with van der Waals surface area (Å²) < 4.78 is 1.55. The highest BCUT2D eigenvalue weighted by Gasteiger charge is 2.43. The van der Waals surface area contributed by atoms with Crippen LogP contribution >= 0.6 is 23.2 Å². The Kier molecular flexibility index (Phi) is 6.16. The van der Waals surface area contributed by atoms with E-state index < -0.39 is 5.60 Å². The first-order valence-corrected chi connectivity index (χ1v) is 12.0. The molecule has 1 aromatic heterocycles. The van der Waals surface area contributed by atoms with E-state index in [0.717, 1.165) is 5.69 Å². The molecule has 2 amide bonds. The predicted molar refractivity (Wildman–Crippen MR) is 134 cm³/mol. The van der Waals surface area contributed by atoms with Gasteiger partial charge in [0.2, 0.25) is 5.91 Å². The van der Waals surface area contributed by atoms with E-state index in [-0.39, 0.29) is 24.9 Å². The van der Waals surface area contributed by atoms with Crippen molar-refractivity contribution in [2.45, 2.75) is 24.9 Å². The monoisotopic (exact) mass is 514 g/mol. The highest BCUT2D eigenvalue weighted by molar-refractivity contribution is 6.34. The number of β-amino-alcohol motifs (C(OH)–C–C–N with tert-alkyl or cyclic N) is 1. The zero-order valence-electron chi connectivity index (χ0n) is 19.0. The number of amides is 2. The maximum absolute atomic E-state index is 13.0. The summed E-state index contributed by atoms with van der Waals surface area (Å²) >= 11 is 12.3. The minimum atomic E-state index is -0.993. The second-order valence-electron chi connectivity index (χ2n) is 9.09. The molecule has 0 saturated carbocycles. The van der Waals surface area contributed by atoms with Gasteiger partial charge in [0.1, 0.15) is 5.60 Å². The lowest BCUT2D eigenvalue weighted by atomic mass is 9.88. The van der Waals surface area contributed by atoms with Gasteiger partial charge >= 0.3 is 0 Å². The molecule has 9 nitrogen and oxygen atoms in total. The fourth-order valence-corrected chi connectivity index (χ4v) is 4.78. The molecule has 5 rings (SSSR count). The Hall–Kier alpha value is -3.14. The van der Waals surface area contributed by atoms with Crippen LogP contribution in [0.3, 0.4) is 0 Å². The number of aliphatic hydroxyl groups is 1. The SMILES string of the molecule is CN1CCC(=O)Nc2cc(C(=O)N3CC(O)(CCc4cn(-c5cc(Cl)ccc5Cl)nn4)C3)ccc21. The van der Waals surface area contributed by atoms with Gasteiger partial charge in [-0.15, -0.1) is 5.10 Å². The summed E-state index contributed by atoms with van der Waals surface area (Å²) in [5, 5.41) is 23.1. The van der Waals surface area contributed by atoms with Crippen LogP contribution in [0.1, 0.15) is 28.9 Å². The first kappa shape index (κ1) is 23.6. The number of nitrogens with zero attached hydrogens (tertiary/aromatic N) is 5. The van der Waals surface area contributed by atoms with Gasteiger partial charge in [-0.3, -0.25) is 9.59 Å². The van der Waals surface area contributed by atoms with Crippen LogP contribution in [0.25, 0.3) is 5.69 Å². The molecule has 3 aromatic rings. The number of anilines is 2. The molecule has 0 spiro atoms. The minimum Gasteiger partial charge on any atom is -0.386 e. The molecule has 0 atom stereocenters. The van der Waals surface area contributed by atoms with Crippen LogP contribution in [0.2, 0.25) is 10.0 Å². The van der Waals surface area contributed by atoms with E-state index in [1.54, 1.807) is 46.1 Å². The average Bonchev–Trinajstić information content (AvgIpc) is 3.24.